The van der Waals surface area contributed by atoms with Crippen molar-refractivity contribution in [1.29, 1.82) is 0 Å². The molecule has 0 N–H and O–H groups in total. The van der Waals surface area contributed by atoms with E-state index >= 15 is 0 Å². The quantitative estimate of drug-likeness (QED) is 0.601. The molecule has 0 bridgehead atoms. The van der Waals surface area contributed by atoms with E-state index in [1.807, 2.05) is 0 Å². The lowest BCUT2D eigenvalue weighted by Crippen LogP contribution is -1.94. The Bertz CT molecular complexity index is 277. The van der Waals surface area contributed by atoms with Gasteiger partial charge in [-0.2, -0.15) is 0 Å². The summed E-state index contributed by atoms with van der Waals surface area (Å²) in [6.45, 7) is -0.738. The van der Waals surface area contributed by atoms with Gasteiger partial charge in [0.25, 0.3) is 6.43 Å². The molecule has 5 heteroatoms. The van der Waals surface area contributed by atoms with Crippen LogP contribution >= 0.6 is 22.6 Å². The monoisotopic (exact) mass is 287 g/mol. The summed E-state index contributed by atoms with van der Waals surface area (Å²) in [5, 5.41) is 0. The van der Waals surface area contributed by atoms with Crippen LogP contribution in [-0.4, -0.2) is 4.98 Å². The highest BCUT2D eigenvalue weighted by molar-refractivity contribution is 14.1. The molecule has 0 aliphatic carbocycles. The summed E-state index contributed by atoms with van der Waals surface area (Å²) in [5.74, 6) is 0. The van der Waals surface area contributed by atoms with Gasteiger partial charge >= 0.3 is 0 Å². The zero-order chi connectivity index (χ0) is 9.14. The van der Waals surface area contributed by atoms with Crippen molar-refractivity contribution < 1.29 is 13.2 Å². The highest BCUT2D eigenvalue weighted by Crippen LogP contribution is 2.19. The van der Waals surface area contributed by atoms with E-state index in [2.05, 4.69) is 4.98 Å². The summed E-state index contributed by atoms with van der Waals surface area (Å²) in [6.07, 6.45) is -2.63. The molecule has 0 saturated carbocycles. The second-order valence-electron chi connectivity index (χ2n) is 2.16. The molecule has 0 aliphatic rings. The molecule has 0 saturated heterocycles. The second-order valence-corrected chi connectivity index (χ2v) is 3.26. The van der Waals surface area contributed by atoms with Crippen molar-refractivity contribution in [3.63, 3.8) is 0 Å². The molecule has 1 heterocycles. The zero-order valence-electron chi connectivity index (χ0n) is 5.90. The minimum absolute atomic E-state index is 0.240. The summed E-state index contributed by atoms with van der Waals surface area (Å²) in [7, 11) is 0. The molecule has 1 nitrogen and oxygen atoms in total. The molecule has 0 atom stereocenters. The number of hydrogen-bond acceptors (Lipinski definition) is 1. The fraction of sp³-hybridized carbons (Fsp3) is 0.286. The third-order valence-corrected chi connectivity index (χ3v) is 1.80. The standard InChI is InChI=1S/C7H5F3IN/c8-3-4-1-5(7(9)10)12-6(11)2-4/h1-2,7H,3H2. The number of pyridine rings is 1. The first-order valence-electron chi connectivity index (χ1n) is 3.14. The van der Waals surface area contributed by atoms with Crippen LogP contribution in [0.3, 0.4) is 0 Å². The van der Waals surface area contributed by atoms with Gasteiger partial charge < -0.3 is 0 Å². The van der Waals surface area contributed by atoms with Gasteiger partial charge in [0.2, 0.25) is 0 Å². The van der Waals surface area contributed by atoms with E-state index in [4.69, 9.17) is 0 Å². The predicted octanol–water partition coefficient (Wildman–Crippen LogP) is 3.09. The maximum atomic E-state index is 12.1. The Kier molecular flexibility index (Phi) is 3.30. The van der Waals surface area contributed by atoms with Crippen LogP contribution in [0.15, 0.2) is 12.1 Å². The van der Waals surface area contributed by atoms with Crippen molar-refractivity contribution in [2.24, 2.45) is 0 Å². The Morgan fingerprint density at radius 3 is 2.58 bits per heavy atom. The van der Waals surface area contributed by atoms with Crippen LogP contribution in [0.25, 0.3) is 0 Å². The Balaban J connectivity index is 3.06. The summed E-state index contributed by atoms with van der Waals surface area (Å²) in [5.41, 5.74) is -0.126. The Morgan fingerprint density at radius 1 is 1.42 bits per heavy atom. The van der Waals surface area contributed by atoms with Crippen molar-refractivity contribution in [3.05, 3.63) is 27.1 Å². The molecule has 1 aromatic heterocycles. The average molecular weight is 287 g/mol. The van der Waals surface area contributed by atoms with E-state index in [0.29, 0.717) is 3.70 Å². The van der Waals surface area contributed by atoms with Gasteiger partial charge in [-0.25, -0.2) is 18.2 Å². The highest BCUT2D eigenvalue weighted by Gasteiger charge is 2.10. The fourth-order valence-electron chi connectivity index (χ4n) is 0.761. The molecule has 1 rings (SSSR count). The van der Waals surface area contributed by atoms with E-state index in [1.54, 1.807) is 22.6 Å². The topological polar surface area (TPSA) is 12.9 Å². The number of aromatic nitrogens is 1. The molecule has 1 aromatic rings. The fourth-order valence-corrected chi connectivity index (χ4v) is 1.44. The largest absolute Gasteiger partial charge is 0.280 e. The lowest BCUT2D eigenvalue weighted by molar-refractivity contribution is 0.145. The minimum atomic E-state index is -2.63. The van der Waals surface area contributed by atoms with Gasteiger partial charge in [0.05, 0.1) is 0 Å². The number of rotatable bonds is 2. The average Bonchev–Trinajstić information content (AvgIpc) is 2.03. The zero-order valence-corrected chi connectivity index (χ0v) is 8.06. The molecule has 0 fully saturated rings. The SMILES string of the molecule is FCc1cc(I)nc(C(F)F)c1. The third-order valence-electron chi connectivity index (χ3n) is 1.25. The van der Waals surface area contributed by atoms with Gasteiger partial charge in [0.15, 0.2) is 0 Å². The van der Waals surface area contributed by atoms with E-state index < -0.39 is 13.1 Å². The molecule has 12 heavy (non-hydrogen) atoms. The molecule has 0 unspecified atom stereocenters. The van der Waals surface area contributed by atoms with Crippen molar-refractivity contribution in [1.82, 2.24) is 4.98 Å². The van der Waals surface area contributed by atoms with Crippen molar-refractivity contribution in [3.8, 4) is 0 Å². The Hall–Kier alpha value is -0.330. The highest BCUT2D eigenvalue weighted by atomic mass is 127. The molecule has 0 amide bonds. The lowest BCUT2D eigenvalue weighted by atomic mass is 10.2. The van der Waals surface area contributed by atoms with Crippen molar-refractivity contribution in [2.75, 3.05) is 0 Å². The minimum Gasteiger partial charge on any atom is -0.246 e. The van der Waals surface area contributed by atoms with E-state index in [-0.39, 0.29) is 11.3 Å². The predicted molar refractivity (Wildman–Crippen MR) is 46.7 cm³/mol. The van der Waals surface area contributed by atoms with E-state index in [9.17, 15) is 13.2 Å². The molecule has 0 aromatic carbocycles. The maximum Gasteiger partial charge on any atom is 0.280 e. The van der Waals surface area contributed by atoms with Crippen LogP contribution in [0.5, 0.6) is 0 Å². The molecule has 66 valence electrons. The van der Waals surface area contributed by atoms with Crippen LogP contribution in [-0.2, 0) is 6.67 Å². The first-order valence-corrected chi connectivity index (χ1v) is 4.22. The second kappa shape index (κ2) is 4.06. The van der Waals surface area contributed by atoms with Crippen molar-refractivity contribution >= 4 is 22.6 Å². The number of alkyl halides is 3. The van der Waals surface area contributed by atoms with E-state index in [1.165, 1.54) is 6.07 Å². The van der Waals surface area contributed by atoms with Gasteiger partial charge in [0.1, 0.15) is 16.1 Å². The van der Waals surface area contributed by atoms with Crippen LogP contribution in [0.2, 0.25) is 0 Å². The van der Waals surface area contributed by atoms with Gasteiger partial charge in [0, 0.05) is 0 Å². The summed E-state index contributed by atoms with van der Waals surface area (Å²) >= 11 is 1.78. The van der Waals surface area contributed by atoms with E-state index in [0.717, 1.165) is 6.07 Å². The van der Waals surface area contributed by atoms with Crippen molar-refractivity contribution in [2.45, 2.75) is 13.1 Å². The molecule has 0 aliphatic heterocycles. The normalized spacial score (nSPS) is 10.8. The Labute approximate surface area is 81.1 Å². The summed E-state index contributed by atoms with van der Waals surface area (Å²) in [6, 6.07) is 2.51. The van der Waals surface area contributed by atoms with Crippen LogP contribution in [0.4, 0.5) is 13.2 Å². The van der Waals surface area contributed by atoms with Gasteiger partial charge in [-0.3, -0.25) is 0 Å². The van der Waals surface area contributed by atoms with Crippen LogP contribution in [0, 0.1) is 3.70 Å². The first kappa shape index (κ1) is 9.76. The molecule has 0 radical (unpaired) electrons. The van der Waals surface area contributed by atoms with Gasteiger partial charge in [-0.05, 0) is 40.3 Å². The van der Waals surface area contributed by atoms with Crippen LogP contribution < -0.4 is 0 Å². The van der Waals surface area contributed by atoms with Gasteiger partial charge in [-0.1, -0.05) is 0 Å². The van der Waals surface area contributed by atoms with Gasteiger partial charge in [-0.15, -0.1) is 0 Å². The molecular weight excluding hydrogens is 282 g/mol. The smallest absolute Gasteiger partial charge is 0.246 e. The third kappa shape index (κ3) is 2.33. The summed E-state index contributed by atoms with van der Waals surface area (Å²) in [4.78, 5) is 3.55. The number of hydrogen-bond donors (Lipinski definition) is 0. The number of nitrogens with zero attached hydrogens (tertiary/aromatic N) is 1. The number of halogens is 4. The Morgan fingerprint density at radius 2 is 2.08 bits per heavy atom. The van der Waals surface area contributed by atoms with Crippen LogP contribution in [0.1, 0.15) is 17.7 Å². The molecular formula is C7H5F3IN. The first-order chi connectivity index (χ1) is 5.63. The molecule has 0 spiro atoms. The lowest BCUT2D eigenvalue weighted by Gasteiger charge is -2.01. The maximum absolute atomic E-state index is 12.1. The summed E-state index contributed by atoms with van der Waals surface area (Å²) < 4.78 is 36.6.